The Labute approximate surface area is 157 Å². The molecule has 3 aromatic rings. The van der Waals surface area contributed by atoms with Crippen molar-refractivity contribution < 1.29 is 9.18 Å². The molecule has 5 nitrogen and oxygen atoms in total. The van der Waals surface area contributed by atoms with E-state index in [2.05, 4.69) is 26.7 Å². The number of carbonyl (C=O) groups is 1. The third-order valence-electron chi connectivity index (χ3n) is 3.99. The monoisotopic (exact) mass is 364 g/mol. The van der Waals surface area contributed by atoms with Gasteiger partial charge in [-0.1, -0.05) is 42.0 Å². The van der Waals surface area contributed by atoms with Crippen LogP contribution in [-0.2, 0) is 13.1 Å². The number of halogens is 1. The van der Waals surface area contributed by atoms with E-state index in [4.69, 9.17) is 0 Å². The van der Waals surface area contributed by atoms with E-state index in [9.17, 15) is 9.18 Å². The van der Waals surface area contributed by atoms with Crippen LogP contribution < -0.4 is 10.6 Å². The number of hydrogen-bond donors (Lipinski definition) is 2. The molecule has 0 radical (unpaired) electrons. The fourth-order valence-electron chi connectivity index (χ4n) is 2.64. The summed E-state index contributed by atoms with van der Waals surface area (Å²) in [5, 5.41) is 5.95. The molecular formula is C21H21FN4O. The van der Waals surface area contributed by atoms with Crippen LogP contribution in [0.2, 0.25) is 0 Å². The zero-order chi connectivity index (χ0) is 19.2. The van der Waals surface area contributed by atoms with E-state index in [1.54, 1.807) is 18.2 Å². The summed E-state index contributed by atoms with van der Waals surface area (Å²) < 4.78 is 12.9. The van der Waals surface area contributed by atoms with E-state index in [1.807, 2.05) is 32.0 Å². The van der Waals surface area contributed by atoms with Crippen LogP contribution in [0, 0.1) is 19.7 Å². The molecule has 0 saturated carbocycles. The van der Waals surface area contributed by atoms with Crippen LogP contribution >= 0.6 is 0 Å². The molecule has 0 saturated heterocycles. The highest BCUT2D eigenvalue weighted by atomic mass is 19.1. The van der Waals surface area contributed by atoms with E-state index < -0.39 is 0 Å². The quantitative estimate of drug-likeness (QED) is 0.699. The first-order chi connectivity index (χ1) is 13.0. The summed E-state index contributed by atoms with van der Waals surface area (Å²) in [5.41, 5.74) is 4.09. The van der Waals surface area contributed by atoms with Crippen LogP contribution in [0.1, 0.15) is 32.9 Å². The van der Waals surface area contributed by atoms with Crippen molar-refractivity contribution >= 4 is 11.9 Å². The first-order valence-corrected chi connectivity index (χ1v) is 8.67. The molecular weight excluding hydrogens is 343 g/mol. The van der Waals surface area contributed by atoms with Crippen molar-refractivity contribution in [2.75, 3.05) is 5.32 Å². The highest BCUT2D eigenvalue weighted by molar-refractivity contribution is 5.92. The predicted octanol–water partition coefficient (Wildman–Crippen LogP) is 3.77. The molecule has 0 unspecified atom stereocenters. The minimum Gasteiger partial charge on any atom is -0.350 e. The molecule has 0 atom stereocenters. The number of carbonyl (C=O) groups excluding carboxylic acids is 1. The summed E-state index contributed by atoms with van der Waals surface area (Å²) in [6, 6.07) is 15.8. The summed E-state index contributed by atoms with van der Waals surface area (Å²) in [7, 11) is 0. The molecule has 0 aliphatic rings. The Bertz CT molecular complexity index is 941. The Hall–Kier alpha value is -3.28. The maximum Gasteiger partial charge on any atom is 0.270 e. The summed E-state index contributed by atoms with van der Waals surface area (Å²) in [6.07, 6.45) is 0. The third kappa shape index (κ3) is 5.34. The van der Waals surface area contributed by atoms with Gasteiger partial charge in [0.15, 0.2) is 0 Å². The molecule has 0 aliphatic heterocycles. The first-order valence-electron chi connectivity index (χ1n) is 8.67. The van der Waals surface area contributed by atoms with Gasteiger partial charge in [-0.05, 0) is 43.2 Å². The molecule has 1 heterocycles. The number of anilines is 1. The number of amides is 1. The molecule has 3 rings (SSSR count). The Balaban J connectivity index is 1.64. The molecule has 0 spiro atoms. The number of nitrogens with one attached hydrogen (secondary N) is 2. The molecule has 27 heavy (non-hydrogen) atoms. The summed E-state index contributed by atoms with van der Waals surface area (Å²) >= 11 is 0. The Morgan fingerprint density at radius 1 is 0.963 bits per heavy atom. The average Bonchev–Trinajstić information content (AvgIpc) is 2.65. The number of aryl methyl sites for hydroxylation is 2. The molecule has 6 heteroatoms. The maximum absolute atomic E-state index is 12.9. The zero-order valence-electron chi connectivity index (χ0n) is 15.3. The number of rotatable bonds is 6. The second-order valence-corrected chi connectivity index (χ2v) is 6.37. The van der Waals surface area contributed by atoms with Crippen molar-refractivity contribution in [2.24, 2.45) is 0 Å². The number of aromatic nitrogens is 2. The molecule has 0 bridgehead atoms. The second-order valence-electron chi connectivity index (χ2n) is 6.37. The van der Waals surface area contributed by atoms with Crippen LogP contribution in [0.25, 0.3) is 0 Å². The smallest absolute Gasteiger partial charge is 0.270 e. The molecule has 2 aromatic carbocycles. The van der Waals surface area contributed by atoms with Gasteiger partial charge in [0.25, 0.3) is 5.91 Å². The van der Waals surface area contributed by atoms with Crippen LogP contribution in [0.15, 0.2) is 54.6 Å². The van der Waals surface area contributed by atoms with Gasteiger partial charge in [-0.25, -0.2) is 14.4 Å². The number of nitrogens with zero attached hydrogens (tertiary/aromatic N) is 2. The SMILES string of the molecule is Cc1cccc(CNc2nc(C)cc(C(=O)NCc3ccc(F)cc3)n2)c1. The van der Waals surface area contributed by atoms with E-state index in [1.165, 1.54) is 17.7 Å². The molecule has 0 fully saturated rings. The fourth-order valence-corrected chi connectivity index (χ4v) is 2.64. The highest BCUT2D eigenvalue weighted by Gasteiger charge is 2.10. The fraction of sp³-hybridized carbons (Fsp3) is 0.190. The van der Waals surface area contributed by atoms with E-state index in [0.717, 1.165) is 11.1 Å². The molecule has 2 N–H and O–H groups in total. The lowest BCUT2D eigenvalue weighted by atomic mass is 10.1. The Kier molecular flexibility index (Phi) is 5.76. The molecule has 138 valence electrons. The summed E-state index contributed by atoms with van der Waals surface area (Å²) in [4.78, 5) is 21.0. The Morgan fingerprint density at radius 3 is 2.48 bits per heavy atom. The standard InChI is InChI=1S/C21H21FN4O/c1-14-4-3-5-17(10-14)13-24-21-25-15(2)11-19(26-21)20(27)23-12-16-6-8-18(22)9-7-16/h3-11H,12-13H2,1-2H3,(H,23,27)(H,24,25,26). The third-order valence-corrected chi connectivity index (χ3v) is 3.99. The highest BCUT2D eigenvalue weighted by Crippen LogP contribution is 2.09. The molecule has 1 aromatic heterocycles. The van der Waals surface area contributed by atoms with E-state index >= 15 is 0 Å². The van der Waals surface area contributed by atoms with Crippen LogP contribution in [0.3, 0.4) is 0 Å². The van der Waals surface area contributed by atoms with Gasteiger partial charge in [-0.2, -0.15) is 0 Å². The van der Waals surface area contributed by atoms with Gasteiger partial charge in [0.2, 0.25) is 5.95 Å². The van der Waals surface area contributed by atoms with Crippen molar-refractivity contribution in [3.05, 3.63) is 88.5 Å². The van der Waals surface area contributed by atoms with Crippen LogP contribution in [-0.4, -0.2) is 15.9 Å². The van der Waals surface area contributed by atoms with Gasteiger partial charge in [0.05, 0.1) is 0 Å². The van der Waals surface area contributed by atoms with Crippen molar-refractivity contribution in [3.63, 3.8) is 0 Å². The van der Waals surface area contributed by atoms with Crippen molar-refractivity contribution in [2.45, 2.75) is 26.9 Å². The number of hydrogen-bond acceptors (Lipinski definition) is 4. The minimum atomic E-state index is -0.305. The maximum atomic E-state index is 12.9. The average molecular weight is 364 g/mol. The van der Waals surface area contributed by atoms with Gasteiger partial charge in [0, 0.05) is 18.8 Å². The molecule has 1 amide bonds. The lowest BCUT2D eigenvalue weighted by Gasteiger charge is -2.09. The number of benzene rings is 2. The van der Waals surface area contributed by atoms with Gasteiger partial charge < -0.3 is 10.6 Å². The predicted molar refractivity (Wildman–Crippen MR) is 103 cm³/mol. The van der Waals surface area contributed by atoms with Crippen molar-refractivity contribution in [3.8, 4) is 0 Å². The van der Waals surface area contributed by atoms with E-state index in [0.29, 0.717) is 24.7 Å². The topological polar surface area (TPSA) is 66.9 Å². The zero-order valence-corrected chi connectivity index (χ0v) is 15.3. The largest absolute Gasteiger partial charge is 0.350 e. The van der Waals surface area contributed by atoms with Gasteiger partial charge in [-0.15, -0.1) is 0 Å². The lowest BCUT2D eigenvalue weighted by molar-refractivity contribution is 0.0945. The van der Waals surface area contributed by atoms with Crippen molar-refractivity contribution in [1.82, 2.24) is 15.3 Å². The normalized spacial score (nSPS) is 10.5. The summed E-state index contributed by atoms with van der Waals surface area (Å²) in [5.74, 6) is -0.201. The minimum absolute atomic E-state index is 0.288. The van der Waals surface area contributed by atoms with Crippen molar-refractivity contribution in [1.29, 1.82) is 0 Å². The lowest BCUT2D eigenvalue weighted by Crippen LogP contribution is -2.24. The first kappa shape index (κ1) is 18.5. The molecule has 0 aliphatic carbocycles. The van der Waals surface area contributed by atoms with Crippen LogP contribution in [0.5, 0.6) is 0 Å². The summed E-state index contributed by atoms with van der Waals surface area (Å²) in [6.45, 7) is 4.72. The Morgan fingerprint density at radius 2 is 1.74 bits per heavy atom. The second kappa shape index (κ2) is 8.40. The van der Waals surface area contributed by atoms with Gasteiger partial charge in [-0.3, -0.25) is 4.79 Å². The van der Waals surface area contributed by atoms with Gasteiger partial charge >= 0.3 is 0 Å². The van der Waals surface area contributed by atoms with E-state index in [-0.39, 0.29) is 17.4 Å². The van der Waals surface area contributed by atoms with Gasteiger partial charge in [0.1, 0.15) is 11.5 Å². The van der Waals surface area contributed by atoms with Crippen LogP contribution in [0.4, 0.5) is 10.3 Å².